The maximum absolute atomic E-state index is 12.0. The van der Waals surface area contributed by atoms with Crippen molar-refractivity contribution in [1.29, 1.82) is 0 Å². The zero-order valence-corrected chi connectivity index (χ0v) is 12.5. The Morgan fingerprint density at radius 3 is 2.95 bits per heavy atom. The highest BCUT2D eigenvalue weighted by molar-refractivity contribution is 6.30. The monoisotopic (exact) mass is 320 g/mol. The first-order chi connectivity index (χ1) is 10.5. The number of carbonyl (C=O) groups is 2. The third kappa shape index (κ3) is 2.96. The first kappa shape index (κ1) is 14.6. The Bertz CT molecular complexity index is 728. The van der Waals surface area contributed by atoms with Crippen LogP contribution >= 0.6 is 11.6 Å². The van der Waals surface area contributed by atoms with Gasteiger partial charge in [-0.1, -0.05) is 23.7 Å². The summed E-state index contributed by atoms with van der Waals surface area (Å²) in [5.74, 6) is -1.16. The van der Waals surface area contributed by atoms with E-state index >= 15 is 0 Å². The molecule has 1 aromatic heterocycles. The van der Waals surface area contributed by atoms with Gasteiger partial charge in [-0.25, -0.2) is 9.59 Å². The number of hydrogen-bond acceptors (Lipinski definition) is 5. The van der Waals surface area contributed by atoms with Crippen molar-refractivity contribution < 1.29 is 19.1 Å². The van der Waals surface area contributed by atoms with E-state index in [-0.39, 0.29) is 11.8 Å². The molecular weight excluding hydrogens is 308 g/mol. The fraction of sp³-hybridized carbons (Fsp3) is 0.267. The minimum absolute atomic E-state index is 0.169. The van der Waals surface area contributed by atoms with Gasteiger partial charge in [-0.05, 0) is 25.1 Å². The van der Waals surface area contributed by atoms with Gasteiger partial charge in [0.15, 0.2) is 0 Å². The number of aromatic nitrogens is 2. The van der Waals surface area contributed by atoms with Crippen LogP contribution in [-0.2, 0) is 14.3 Å². The van der Waals surface area contributed by atoms with Crippen molar-refractivity contribution in [2.45, 2.75) is 25.6 Å². The van der Waals surface area contributed by atoms with E-state index in [9.17, 15) is 9.59 Å². The van der Waals surface area contributed by atoms with Crippen molar-refractivity contribution in [2.75, 3.05) is 0 Å². The number of ether oxygens (including phenoxy) is 2. The Morgan fingerprint density at radius 2 is 2.27 bits per heavy atom. The fourth-order valence-electron chi connectivity index (χ4n) is 2.23. The Labute approximate surface area is 131 Å². The van der Waals surface area contributed by atoms with Crippen LogP contribution < -0.4 is 0 Å². The molecule has 0 aliphatic carbocycles. The third-order valence-electron chi connectivity index (χ3n) is 3.29. The van der Waals surface area contributed by atoms with Gasteiger partial charge in [0.1, 0.15) is 11.8 Å². The Kier molecular flexibility index (Phi) is 3.85. The van der Waals surface area contributed by atoms with E-state index in [1.165, 1.54) is 0 Å². The number of aromatic amines is 1. The molecule has 6 nitrogen and oxygen atoms in total. The molecule has 1 saturated heterocycles. The summed E-state index contributed by atoms with van der Waals surface area (Å²) >= 11 is 5.93. The first-order valence-electron chi connectivity index (χ1n) is 6.76. The molecule has 0 amide bonds. The second kappa shape index (κ2) is 5.81. The van der Waals surface area contributed by atoms with Gasteiger partial charge in [0, 0.05) is 17.0 Å². The molecule has 2 atom stereocenters. The smallest absolute Gasteiger partial charge is 0.357 e. The van der Waals surface area contributed by atoms with Crippen molar-refractivity contribution in [2.24, 2.45) is 0 Å². The lowest BCUT2D eigenvalue weighted by atomic mass is 10.1. The fourth-order valence-corrected chi connectivity index (χ4v) is 2.42. The molecule has 1 aliphatic heterocycles. The lowest BCUT2D eigenvalue weighted by molar-refractivity contribution is -0.147. The lowest BCUT2D eigenvalue weighted by Crippen LogP contribution is -2.22. The van der Waals surface area contributed by atoms with Crippen molar-refractivity contribution in [3.05, 3.63) is 41.0 Å². The summed E-state index contributed by atoms with van der Waals surface area (Å²) in [5.41, 5.74) is 1.51. The highest BCUT2D eigenvalue weighted by Gasteiger charge is 2.35. The number of rotatable bonds is 3. The number of nitrogens with zero attached hydrogens (tertiary/aromatic N) is 1. The summed E-state index contributed by atoms with van der Waals surface area (Å²) in [7, 11) is 0. The summed E-state index contributed by atoms with van der Waals surface area (Å²) in [4.78, 5) is 23.5. The van der Waals surface area contributed by atoms with Crippen LogP contribution in [0.4, 0.5) is 0 Å². The summed E-state index contributed by atoms with van der Waals surface area (Å²) < 4.78 is 10.1. The molecule has 2 heterocycles. The van der Waals surface area contributed by atoms with Gasteiger partial charge in [0.2, 0.25) is 6.10 Å². The number of benzene rings is 1. The SMILES string of the molecule is C[C@@H]1C[C@H](OC(=O)c2cc(-c3cccc(Cl)c3)n[nH]2)C(=O)O1. The van der Waals surface area contributed by atoms with Gasteiger partial charge in [-0.2, -0.15) is 5.10 Å². The molecule has 0 unspecified atom stereocenters. The summed E-state index contributed by atoms with van der Waals surface area (Å²) in [5, 5.41) is 7.24. The average Bonchev–Trinajstić information content (AvgIpc) is 3.06. The van der Waals surface area contributed by atoms with Gasteiger partial charge < -0.3 is 9.47 Å². The predicted molar refractivity (Wildman–Crippen MR) is 78.4 cm³/mol. The van der Waals surface area contributed by atoms with Crippen LogP contribution in [0.5, 0.6) is 0 Å². The van der Waals surface area contributed by atoms with E-state index in [0.717, 1.165) is 5.56 Å². The van der Waals surface area contributed by atoms with Gasteiger partial charge in [0.25, 0.3) is 0 Å². The van der Waals surface area contributed by atoms with Crippen molar-refractivity contribution in [3.63, 3.8) is 0 Å². The van der Waals surface area contributed by atoms with Crippen molar-refractivity contribution >= 4 is 23.5 Å². The van der Waals surface area contributed by atoms with Crippen LogP contribution in [0.1, 0.15) is 23.8 Å². The Morgan fingerprint density at radius 1 is 1.45 bits per heavy atom. The topological polar surface area (TPSA) is 81.3 Å². The van der Waals surface area contributed by atoms with Crippen LogP contribution in [-0.4, -0.2) is 34.3 Å². The van der Waals surface area contributed by atoms with Gasteiger partial charge in [0.05, 0.1) is 5.69 Å². The zero-order chi connectivity index (χ0) is 15.7. The second-order valence-electron chi connectivity index (χ2n) is 5.05. The molecule has 22 heavy (non-hydrogen) atoms. The van der Waals surface area contributed by atoms with Crippen LogP contribution in [0, 0.1) is 0 Å². The Hall–Kier alpha value is -2.34. The molecule has 114 valence electrons. The molecule has 0 bridgehead atoms. The summed E-state index contributed by atoms with van der Waals surface area (Å²) in [6.07, 6.45) is -0.741. The number of H-pyrrole nitrogens is 1. The van der Waals surface area contributed by atoms with E-state index in [1.807, 2.05) is 6.07 Å². The lowest BCUT2D eigenvalue weighted by Gasteiger charge is -2.06. The number of esters is 2. The molecule has 7 heteroatoms. The molecule has 1 aliphatic rings. The Balaban J connectivity index is 1.73. The molecular formula is C15H13ClN2O4. The van der Waals surface area contributed by atoms with Crippen LogP contribution in [0.15, 0.2) is 30.3 Å². The molecule has 0 spiro atoms. The number of hydrogen-bond donors (Lipinski definition) is 1. The van der Waals surface area contributed by atoms with Gasteiger partial charge in [-0.15, -0.1) is 0 Å². The maximum atomic E-state index is 12.0. The number of halogens is 1. The van der Waals surface area contributed by atoms with E-state index in [4.69, 9.17) is 21.1 Å². The van der Waals surface area contributed by atoms with E-state index in [2.05, 4.69) is 10.2 Å². The minimum atomic E-state index is -0.861. The highest BCUT2D eigenvalue weighted by atomic mass is 35.5. The number of nitrogens with one attached hydrogen (secondary N) is 1. The van der Waals surface area contributed by atoms with Crippen molar-refractivity contribution in [3.8, 4) is 11.3 Å². The van der Waals surface area contributed by atoms with Crippen LogP contribution in [0.25, 0.3) is 11.3 Å². The molecule has 3 rings (SSSR count). The van der Waals surface area contributed by atoms with Crippen molar-refractivity contribution in [1.82, 2.24) is 10.2 Å². The molecule has 2 aromatic rings. The average molecular weight is 321 g/mol. The van der Waals surface area contributed by atoms with E-state index < -0.39 is 18.0 Å². The van der Waals surface area contributed by atoms with Gasteiger partial charge in [-0.3, -0.25) is 5.10 Å². The normalized spacial score (nSPS) is 20.7. The van der Waals surface area contributed by atoms with Gasteiger partial charge >= 0.3 is 11.9 Å². The molecule has 1 fully saturated rings. The summed E-state index contributed by atoms with van der Waals surface area (Å²) in [6.45, 7) is 1.75. The molecule has 0 radical (unpaired) electrons. The quantitative estimate of drug-likeness (QED) is 0.879. The molecule has 1 aromatic carbocycles. The van der Waals surface area contributed by atoms with E-state index in [1.54, 1.807) is 31.2 Å². The molecule has 0 saturated carbocycles. The second-order valence-corrected chi connectivity index (χ2v) is 5.49. The molecule has 1 N–H and O–H groups in total. The summed E-state index contributed by atoms with van der Waals surface area (Å²) in [6, 6.07) is 8.66. The minimum Gasteiger partial charge on any atom is -0.460 e. The van der Waals surface area contributed by atoms with Crippen LogP contribution in [0.3, 0.4) is 0 Å². The maximum Gasteiger partial charge on any atom is 0.357 e. The largest absolute Gasteiger partial charge is 0.460 e. The third-order valence-corrected chi connectivity index (χ3v) is 3.53. The van der Waals surface area contributed by atoms with Crippen LogP contribution in [0.2, 0.25) is 5.02 Å². The van der Waals surface area contributed by atoms with E-state index in [0.29, 0.717) is 17.1 Å². The predicted octanol–water partition coefficient (Wildman–Crippen LogP) is 2.59. The number of cyclic esters (lactones) is 1. The standard InChI is InChI=1S/C15H13ClN2O4/c1-8-5-13(15(20)21-8)22-14(19)12-7-11(17-18-12)9-3-2-4-10(16)6-9/h2-4,6-8,13H,5H2,1H3,(H,17,18)/t8-,13+/m1/s1. The highest BCUT2D eigenvalue weighted by Crippen LogP contribution is 2.23. The zero-order valence-electron chi connectivity index (χ0n) is 11.7. The number of carbonyl (C=O) groups excluding carboxylic acids is 2. The first-order valence-corrected chi connectivity index (χ1v) is 7.13.